The molecule has 0 aliphatic carbocycles. The number of aromatic amines is 1. The molecule has 0 aromatic carbocycles. The van der Waals surface area contributed by atoms with Crippen LogP contribution in [0.3, 0.4) is 0 Å². The lowest BCUT2D eigenvalue weighted by Gasteiger charge is -2.12. The van der Waals surface area contributed by atoms with E-state index in [0.717, 1.165) is 25.1 Å². The molecular formula is C10H17N5O. The Labute approximate surface area is 94.2 Å². The number of nitrogens with two attached hydrogens (primary N) is 1. The fourth-order valence-corrected chi connectivity index (χ4v) is 1.85. The Morgan fingerprint density at radius 3 is 3.12 bits per heavy atom. The van der Waals surface area contributed by atoms with Gasteiger partial charge in [-0.1, -0.05) is 6.92 Å². The molecule has 2 rings (SSSR count). The van der Waals surface area contributed by atoms with Gasteiger partial charge in [-0.15, -0.1) is 5.10 Å². The van der Waals surface area contributed by atoms with Crippen molar-refractivity contribution in [1.29, 1.82) is 0 Å². The van der Waals surface area contributed by atoms with Crippen molar-refractivity contribution in [2.24, 2.45) is 5.73 Å². The van der Waals surface area contributed by atoms with Gasteiger partial charge in [0.05, 0.1) is 0 Å². The SMILES string of the molecule is CCCc1nc(C(=O)N2CC[C@H](N)C2)n[nH]1. The van der Waals surface area contributed by atoms with E-state index in [9.17, 15) is 4.79 Å². The van der Waals surface area contributed by atoms with E-state index < -0.39 is 0 Å². The lowest BCUT2D eigenvalue weighted by molar-refractivity contribution is 0.0779. The third-order valence-corrected chi connectivity index (χ3v) is 2.72. The maximum Gasteiger partial charge on any atom is 0.293 e. The summed E-state index contributed by atoms with van der Waals surface area (Å²) >= 11 is 0. The summed E-state index contributed by atoms with van der Waals surface area (Å²) in [4.78, 5) is 17.8. The summed E-state index contributed by atoms with van der Waals surface area (Å²) in [6.07, 6.45) is 2.66. The van der Waals surface area contributed by atoms with Crippen molar-refractivity contribution < 1.29 is 4.79 Å². The molecule has 0 radical (unpaired) electrons. The number of hydrogen-bond donors (Lipinski definition) is 2. The molecule has 88 valence electrons. The van der Waals surface area contributed by atoms with E-state index in [-0.39, 0.29) is 17.8 Å². The quantitative estimate of drug-likeness (QED) is 0.750. The molecule has 3 N–H and O–H groups in total. The third-order valence-electron chi connectivity index (χ3n) is 2.72. The number of likely N-dealkylation sites (tertiary alicyclic amines) is 1. The monoisotopic (exact) mass is 223 g/mol. The van der Waals surface area contributed by atoms with Crippen LogP contribution in [0.5, 0.6) is 0 Å². The molecule has 6 nitrogen and oxygen atoms in total. The van der Waals surface area contributed by atoms with Crippen molar-refractivity contribution in [2.45, 2.75) is 32.2 Å². The smallest absolute Gasteiger partial charge is 0.293 e. The lowest BCUT2D eigenvalue weighted by atomic mass is 10.3. The van der Waals surface area contributed by atoms with Crippen LogP contribution in [-0.2, 0) is 6.42 Å². The lowest BCUT2D eigenvalue weighted by Crippen LogP contribution is -2.32. The van der Waals surface area contributed by atoms with Gasteiger partial charge in [0.1, 0.15) is 5.82 Å². The molecule has 1 saturated heterocycles. The maximum absolute atomic E-state index is 11.9. The van der Waals surface area contributed by atoms with Crippen molar-refractivity contribution in [3.05, 3.63) is 11.6 Å². The van der Waals surface area contributed by atoms with Crippen molar-refractivity contribution in [1.82, 2.24) is 20.1 Å². The normalized spacial score (nSPS) is 20.4. The molecule has 1 atom stereocenters. The zero-order chi connectivity index (χ0) is 11.5. The zero-order valence-electron chi connectivity index (χ0n) is 9.44. The minimum absolute atomic E-state index is 0.0954. The van der Waals surface area contributed by atoms with E-state index in [0.29, 0.717) is 13.1 Å². The number of aromatic nitrogens is 3. The highest BCUT2D eigenvalue weighted by Gasteiger charge is 2.26. The Hall–Kier alpha value is -1.43. The molecule has 0 unspecified atom stereocenters. The van der Waals surface area contributed by atoms with Gasteiger partial charge in [-0.25, -0.2) is 4.98 Å². The van der Waals surface area contributed by atoms with Crippen LogP contribution in [0.15, 0.2) is 0 Å². The van der Waals surface area contributed by atoms with Crippen LogP contribution in [0.25, 0.3) is 0 Å². The van der Waals surface area contributed by atoms with Crippen molar-refractivity contribution in [2.75, 3.05) is 13.1 Å². The molecular weight excluding hydrogens is 206 g/mol. The highest BCUT2D eigenvalue weighted by Crippen LogP contribution is 2.10. The molecule has 0 spiro atoms. The Morgan fingerprint density at radius 1 is 1.69 bits per heavy atom. The van der Waals surface area contributed by atoms with Crippen molar-refractivity contribution in [3.8, 4) is 0 Å². The fraction of sp³-hybridized carbons (Fsp3) is 0.700. The number of amides is 1. The summed E-state index contributed by atoms with van der Waals surface area (Å²) in [5.74, 6) is 0.915. The predicted molar refractivity (Wildman–Crippen MR) is 58.9 cm³/mol. The standard InChI is InChI=1S/C10H17N5O/c1-2-3-8-12-9(14-13-8)10(16)15-5-4-7(11)6-15/h7H,2-6,11H2,1H3,(H,12,13,14)/t7-/m0/s1. The molecule has 1 aromatic heterocycles. The molecule has 2 heterocycles. The Balaban J connectivity index is 2.03. The zero-order valence-corrected chi connectivity index (χ0v) is 9.44. The van der Waals surface area contributed by atoms with Gasteiger partial charge < -0.3 is 10.6 Å². The largest absolute Gasteiger partial charge is 0.334 e. The molecule has 1 amide bonds. The first-order valence-electron chi connectivity index (χ1n) is 5.67. The number of nitrogens with zero attached hydrogens (tertiary/aromatic N) is 3. The van der Waals surface area contributed by atoms with Crippen LogP contribution in [0, 0.1) is 0 Å². The van der Waals surface area contributed by atoms with E-state index in [1.165, 1.54) is 0 Å². The second kappa shape index (κ2) is 4.61. The van der Waals surface area contributed by atoms with E-state index in [1.807, 2.05) is 0 Å². The van der Waals surface area contributed by atoms with Crippen LogP contribution < -0.4 is 5.73 Å². The van der Waals surface area contributed by atoms with Crippen LogP contribution in [0.2, 0.25) is 0 Å². The number of hydrogen-bond acceptors (Lipinski definition) is 4. The van der Waals surface area contributed by atoms with Gasteiger partial charge >= 0.3 is 0 Å². The minimum atomic E-state index is -0.119. The topological polar surface area (TPSA) is 87.9 Å². The maximum atomic E-state index is 11.9. The average Bonchev–Trinajstić information content (AvgIpc) is 2.87. The second-order valence-electron chi connectivity index (χ2n) is 4.16. The summed E-state index contributed by atoms with van der Waals surface area (Å²) in [5.41, 5.74) is 5.75. The molecule has 6 heteroatoms. The van der Waals surface area contributed by atoms with E-state index in [1.54, 1.807) is 4.90 Å². The number of aryl methyl sites for hydroxylation is 1. The molecule has 1 aromatic rings. The number of carbonyl (C=O) groups excluding carboxylic acids is 1. The molecule has 1 aliphatic rings. The summed E-state index contributed by atoms with van der Waals surface area (Å²) in [6.45, 7) is 3.37. The molecule has 0 bridgehead atoms. The van der Waals surface area contributed by atoms with Crippen molar-refractivity contribution >= 4 is 5.91 Å². The molecule has 0 saturated carbocycles. The highest BCUT2D eigenvalue weighted by atomic mass is 16.2. The van der Waals surface area contributed by atoms with Gasteiger partial charge in [0, 0.05) is 25.6 Å². The molecule has 1 aliphatic heterocycles. The number of rotatable bonds is 3. The number of nitrogens with one attached hydrogen (secondary N) is 1. The first kappa shape index (κ1) is 11.1. The summed E-state index contributed by atoms with van der Waals surface area (Å²) in [7, 11) is 0. The fourth-order valence-electron chi connectivity index (χ4n) is 1.85. The van der Waals surface area contributed by atoms with Gasteiger partial charge in [-0.2, -0.15) is 0 Å². The minimum Gasteiger partial charge on any atom is -0.334 e. The molecule has 1 fully saturated rings. The van der Waals surface area contributed by atoms with Gasteiger partial charge in [0.2, 0.25) is 5.82 Å². The Morgan fingerprint density at radius 2 is 2.50 bits per heavy atom. The van der Waals surface area contributed by atoms with Crippen LogP contribution >= 0.6 is 0 Å². The summed E-state index contributed by atoms with van der Waals surface area (Å²) < 4.78 is 0. The second-order valence-corrected chi connectivity index (χ2v) is 4.16. The Kier molecular flexibility index (Phi) is 3.19. The summed E-state index contributed by atoms with van der Waals surface area (Å²) in [5, 5.41) is 6.72. The predicted octanol–water partition coefficient (Wildman–Crippen LogP) is -0.0696. The van der Waals surface area contributed by atoms with Gasteiger partial charge in [-0.3, -0.25) is 9.89 Å². The van der Waals surface area contributed by atoms with E-state index >= 15 is 0 Å². The van der Waals surface area contributed by atoms with Gasteiger partial charge in [0.25, 0.3) is 5.91 Å². The van der Waals surface area contributed by atoms with Gasteiger partial charge in [-0.05, 0) is 12.8 Å². The third kappa shape index (κ3) is 2.21. The van der Waals surface area contributed by atoms with Gasteiger partial charge in [0.15, 0.2) is 0 Å². The van der Waals surface area contributed by atoms with Crippen LogP contribution in [0.4, 0.5) is 0 Å². The van der Waals surface area contributed by atoms with E-state index in [2.05, 4.69) is 22.1 Å². The Bertz CT molecular complexity index is 375. The first-order valence-corrected chi connectivity index (χ1v) is 5.67. The number of carbonyl (C=O) groups is 1. The average molecular weight is 223 g/mol. The number of H-pyrrole nitrogens is 1. The van der Waals surface area contributed by atoms with Crippen LogP contribution in [0.1, 0.15) is 36.2 Å². The highest BCUT2D eigenvalue weighted by molar-refractivity contribution is 5.90. The summed E-state index contributed by atoms with van der Waals surface area (Å²) in [6, 6.07) is 0.0954. The first-order chi connectivity index (χ1) is 7.70. The van der Waals surface area contributed by atoms with Crippen LogP contribution in [-0.4, -0.2) is 45.1 Å². The van der Waals surface area contributed by atoms with E-state index in [4.69, 9.17) is 5.73 Å². The van der Waals surface area contributed by atoms with Crippen molar-refractivity contribution in [3.63, 3.8) is 0 Å². The molecule has 16 heavy (non-hydrogen) atoms.